The number of likely N-dealkylation sites (N-methyl/N-ethyl adjacent to an activating group) is 1. The number of methoxy groups -OCH3 is 1. The number of carbonyl (C=O) groups excluding carboxylic acids is 2. The first-order valence-electron chi connectivity index (χ1n) is 6.24. The molecule has 4 nitrogen and oxygen atoms in total. The van der Waals surface area contributed by atoms with E-state index in [0.29, 0.717) is 5.22 Å². The maximum atomic E-state index is 12.2. The Kier molecular flexibility index (Phi) is 3.56. The lowest BCUT2D eigenvalue weighted by atomic mass is 9.97. The molecule has 0 spiro atoms. The Labute approximate surface area is 112 Å². The van der Waals surface area contributed by atoms with Crippen LogP contribution >= 0.6 is 0 Å². The first-order chi connectivity index (χ1) is 9.04. The third-order valence-corrected chi connectivity index (χ3v) is 3.64. The largest absolute Gasteiger partial charge is 0.367 e. The fourth-order valence-electron chi connectivity index (χ4n) is 2.54. The van der Waals surface area contributed by atoms with Gasteiger partial charge < -0.3 is 9.64 Å². The minimum atomic E-state index is -0.628. The van der Waals surface area contributed by atoms with Gasteiger partial charge in [-0.3, -0.25) is 4.79 Å². The second-order valence-electron chi connectivity index (χ2n) is 4.69. The third kappa shape index (κ3) is 1.99. The van der Waals surface area contributed by atoms with Gasteiger partial charge in [-0.25, -0.2) is 4.79 Å². The maximum Gasteiger partial charge on any atom is 0.260 e. The minimum Gasteiger partial charge on any atom is -0.367 e. The summed E-state index contributed by atoms with van der Waals surface area (Å²) < 4.78 is 5.24. The average molecular weight is 259 g/mol. The molecule has 1 amide bonds. The zero-order valence-corrected chi connectivity index (χ0v) is 11.6. The Hall–Kier alpha value is -1.90. The molecule has 0 aliphatic carbocycles. The molecule has 1 aliphatic rings. The van der Waals surface area contributed by atoms with E-state index >= 15 is 0 Å². The molecule has 0 saturated heterocycles. The molecule has 0 bridgehead atoms. The van der Waals surface area contributed by atoms with E-state index in [1.54, 1.807) is 11.9 Å². The molecule has 1 aliphatic heterocycles. The molecule has 1 aromatic rings. The van der Waals surface area contributed by atoms with E-state index in [0.717, 1.165) is 28.5 Å². The molecule has 19 heavy (non-hydrogen) atoms. The summed E-state index contributed by atoms with van der Waals surface area (Å²) >= 11 is 0. The molecule has 4 heteroatoms. The Bertz CT molecular complexity index is 671. The molecule has 1 aromatic carbocycles. The van der Waals surface area contributed by atoms with E-state index in [1.165, 1.54) is 7.11 Å². The highest BCUT2D eigenvalue weighted by Crippen LogP contribution is 2.20. The summed E-state index contributed by atoms with van der Waals surface area (Å²) in [6.07, 6.45) is 0.175. The van der Waals surface area contributed by atoms with Gasteiger partial charge in [0, 0.05) is 19.4 Å². The van der Waals surface area contributed by atoms with Crippen LogP contribution in [-0.4, -0.2) is 32.1 Å². The zero-order valence-electron chi connectivity index (χ0n) is 11.6. The van der Waals surface area contributed by atoms with E-state index in [9.17, 15) is 9.59 Å². The average Bonchev–Trinajstić information content (AvgIpc) is 2.44. The van der Waals surface area contributed by atoms with Crippen LogP contribution in [0.1, 0.15) is 19.4 Å². The topological polar surface area (TPSA) is 46.6 Å². The van der Waals surface area contributed by atoms with Gasteiger partial charge in [-0.2, -0.15) is 0 Å². The lowest BCUT2D eigenvalue weighted by Gasteiger charge is -2.29. The highest BCUT2D eigenvalue weighted by Gasteiger charge is 2.30. The van der Waals surface area contributed by atoms with Gasteiger partial charge in [-0.05, 0) is 36.6 Å². The van der Waals surface area contributed by atoms with Crippen LogP contribution in [0.4, 0.5) is 5.69 Å². The molecule has 100 valence electrons. The second kappa shape index (κ2) is 5.00. The van der Waals surface area contributed by atoms with Crippen LogP contribution in [0.3, 0.4) is 0 Å². The number of carbonyl (C=O) groups is 1. The maximum absolute atomic E-state index is 12.2. The van der Waals surface area contributed by atoms with Crippen molar-refractivity contribution in [2.45, 2.75) is 26.4 Å². The number of benzene rings is 1. The van der Waals surface area contributed by atoms with Gasteiger partial charge in [0.2, 0.25) is 0 Å². The second-order valence-corrected chi connectivity index (χ2v) is 4.69. The quantitative estimate of drug-likeness (QED) is 0.746. The van der Waals surface area contributed by atoms with Gasteiger partial charge in [0.25, 0.3) is 5.91 Å². The Balaban J connectivity index is 2.95. The summed E-state index contributed by atoms with van der Waals surface area (Å²) in [5.41, 5.74) is 2.54. The number of hydrogen-bond acceptors (Lipinski definition) is 3. The number of fused-ring (bicyclic) bond motifs is 1. The molecule has 0 fully saturated rings. The van der Waals surface area contributed by atoms with Gasteiger partial charge in [0.1, 0.15) is 5.94 Å². The van der Waals surface area contributed by atoms with Gasteiger partial charge >= 0.3 is 0 Å². The van der Waals surface area contributed by atoms with Crippen molar-refractivity contribution >= 4 is 23.1 Å². The molecule has 0 saturated carbocycles. The van der Waals surface area contributed by atoms with Crippen LogP contribution in [0.5, 0.6) is 0 Å². The van der Waals surface area contributed by atoms with Crippen molar-refractivity contribution in [1.82, 2.24) is 0 Å². The number of anilines is 1. The van der Waals surface area contributed by atoms with Crippen molar-refractivity contribution in [2.24, 2.45) is 0 Å². The highest BCUT2D eigenvalue weighted by molar-refractivity contribution is 6.05. The van der Waals surface area contributed by atoms with Crippen molar-refractivity contribution in [3.8, 4) is 0 Å². The van der Waals surface area contributed by atoms with Gasteiger partial charge in [0.15, 0.2) is 6.10 Å². The SMILES string of the molecule is CCc1cc2c(c(=C=O)c1)=C(C)C(OC)C(=O)N2C. The summed E-state index contributed by atoms with van der Waals surface area (Å²) in [7, 11) is 3.20. The van der Waals surface area contributed by atoms with Crippen LogP contribution in [0.2, 0.25) is 0 Å². The van der Waals surface area contributed by atoms with Crippen LogP contribution in [-0.2, 0) is 20.7 Å². The molecule has 0 N–H and O–H groups in total. The number of aryl methyl sites for hydroxylation is 1. The first-order valence-corrected chi connectivity index (χ1v) is 6.24. The molecule has 2 rings (SSSR count). The molecule has 1 heterocycles. The van der Waals surface area contributed by atoms with Crippen LogP contribution in [0.15, 0.2) is 12.1 Å². The highest BCUT2D eigenvalue weighted by atomic mass is 16.5. The Morgan fingerprint density at radius 1 is 1.42 bits per heavy atom. The van der Waals surface area contributed by atoms with Crippen molar-refractivity contribution in [2.75, 3.05) is 19.1 Å². The van der Waals surface area contributed by atoms with Crippen molar-refractivity contribution in [3.63, 3.8) is 0 Å². The summed E-state index contributed by atoms with van der Waals surface area (Å²) in [5.74, 6) is 1.86. The monoisotopic (exact) mass is 259 g/mol. The molecule has 0 aromatic heterocycles. The van der Waals surface area contributed by atoms with Crippen LogP contribution in [0.25, 0.3) is 5.57 Å². The molecule has 0 radical (unpaired) electrons. The predicted octanol–water partition coefficient (Wildman–Crippen LogP) is -0.0858. The van der Waals surface area contributed by atoms with Crippen LogP contribution in [0, 0.1) is 0 Å². The van der Waals surface area contributed by atoms with Gasteiger partial charge in [-0.15, -0.1) is 0 Å². The zero-order chi connectivity index (χ0) is 14.2. The number of amides is 1. The van der Waals surface area contributed by atoms with E-state index in [1.807, 2.05) is 31.9 Å². The summed E-state index contributed by atoms with van der Waals surface area (Å²) in [5, 5.41) is 1.26. The lowest BCUT2D eigenvalue weighted by Crippen LogP contribution is -2.50. The fourth-order valence-corrected chi connectivity index (χ4v) is 2.54. The smallest absolute Gasteiger partial charge is 0.260 e. The van der Waals surface area contributed by atoms with Crippen molar-refractivity contribution < 1.29 is 14.3 Å². The lowest BCUT2D eigenvalue weighted by molar-refractivity contribution is -0.125. The van der Waals surface area contributed by atoms with Gasteiger partial charge in [0.05, 0.1) is 10.9 Å². The normalized spacial score (nSPS) is 18.3. The Morgan fingerprint density at radius 3 is 2.63 bits per heavy atom. The number of ether oxygens (including phenoxy) is 1. The number of hydrogen-bond donors (Lipinski definition) is 0. The minimum absolute atomic E-state index is 0.113. The molecule has 1 atom stereocenters. The van der Waals surface area contributed by atoms with Crippen molar-refractivity contribution in [3.05, 3.63) is 28.1 Å². The molecular weight excluding hydrogens is 242 g/mol. The molecular formula is C15H17NO3. The van der Waals surface area contributed by atoms with E-state index < -0.39 is 6.10 Å². The first kappa shape index (κ1) is 13.5. The fraction of sp³-hybridized carbons (Fsp3) is 0.400. The van der Waals surface area contributed by atoms with E-state index in [-0.39, 0.29) is 5.91 Å². The molecule has 1 unspecified atom stereocenters. The van der Waals surface area contributed by atoms with E-state index in [4.69, 9.17) is 4.74 Å². The predicted molar refractivity (Wildman–Crippen MR) is 73.2 cm³/mol. The summed E-state index contributed by atoms with van der Waals surface area (Å²) in [4.78, 5) is 25.0. The standard InChI is InChI=1S/C15H17NO3/c1-5-10-6-11(8-17)13-9(2)14(19-4)15(18)16(3)12(13)7-10/h6-7,14H,5H2,1-4H3. The third-order valence-electron chi connectivity index (χ3n) is 3.64. The Morgan fingerprint density at radius 2 is 2.11 bits per heavy atom. The van der Waals surface area contributed by atoms with Gasteiger partial charge in [-0.1, -0.05) is 6.92 Å². The number of rotatable bonds is 2. The van der Waals surface area contributed by atoms with Crippen LogP contribution < -0.4 is 15.3 Å². The summed E-state index contributed by atoms with van der Waals surface area (Å²) in [6, 6.07) is 3.77. The van der Waals surface area contributed by atoms with E-state index in [2.05, 4.69) is 0 Å². The number of nitrogens with zero attached hydrogens (tertiary/aromatic N) is 1. The summed E-state index contributed by atoms with van der Waals surface area (Å²) in [6.45, 7) is 3.83. The van der Waals surface area contributed by atoms with Crippen molar-refractivity contribution in [1.29, 1.82) is 0 Å².